The fraction of sp³-hybridized carbons (Fsp3) is 0.286. The molecule has 100 valence electrons. The van der Waals surface area contributed by atoms with Gasteiger partial charge in [-0.3, -0.25) is 0 Å². The lowest BCUT2D eigenvalue weighted by Gasteiger charge is -2.09. The predicted octanol–water partition coefficient (Wildman–Crippen LogP) is 5.01. The molecule has 2 rings (SSSR count). The molecular weight excluding hydrogens is 283 g/mol. The van der Waals surface area contributed by atoms with Gasteiger partial charge in [-0.25, -0.2) is 4.98 Å². The Morgan fingerprint density at radius 1 is 1.11 bits per heavy atom. The number of rotatable bonds is 3. The summed E-state index contributed by atoms with van der Waals surface area (Å²) < 4.78 is 5.69. The highest BCUT2D eigenvalue weighted by molar-refractivity contribution is 6.31. The zero-order valence-electron chi connectivity index (χ0n) is 10.9. The molecule has 1 aromatic heterocycles. The van der Waals surface area contributed by atoms with Crippen LogP contribution in [0, 0.1) is 6.92 Å². The maximum atomic E-state index is 5.97. The van der Waals surface area contributed by atoms with Gasteiger partial charge in [0, 0.05) is 17.0 Å². The first-order valence-electron chi connectivity index (χ1n) is 5.94. The summed E-state index contributed by atoms with van der Waals surface area (Å²) in [5.41, 5.74) is 0.948. The summed E-state index contributed by atoms with van der Waals surface area (Å²) >= 11 is 11.9. The fourth-order valence-corrected chi connectivity index (χ4v) is 1.82. The van der Waals surface area contributed by atoms with Crippen LogP contribution in [0.2, 0.25) is 10.2 Å². The van der Waals surface area contributed by atoms with E-state index in [-0.39, 0.29) is 5.92 Å². The molecule has 0 aliphatic carbocycles. The first-order valence-corrected chi connectivity index (χ1v) is 6.70. The Labute approximate surface area is 122 Å². The lowest BCUT2D eigenvalue weighted by molar-refractivity contribution is 0.456. The van der Waals surface area contributed by atoms with Crippen molar-refractivity contribution in [3.8, 4) is 11.6 Å². The number of hydrogen-bond donors (Lipinski definition) is 0. The molecular formula is C14H14Cl2N2O. The molecule has 0 amide bonds. The van der Waals surface area contributed by atoms with Crippen LogP contribution in [0.25, 0.3) is 0 Å². The van der Waals surface area contributed by atoms with Crippen LogP contribution in [0.5, 0.6) is 11.6 Å². The summed E-state index contributed by atoms with van der Waals surface area (Å²) in [6.45, 7) is 5.92. The monoisotopic (exact) mass is 296 g/mol. The second-order valence-corrected chi connectivity index (χ2v) is 5.35. The highest BCUT2D eigenvalue weighted by Crippen LogP contribution is 2.26. The smallest absolute Gasteiger partial charge is 0.224 e. The van der Waals surface area contributed by atoms with Gasteiger partial charge in [-0.05, 0) is 30.7 Å². The Morgan fingerprint density at radius 3 is 2.47 bits per heavy atom. The Balaban J connectivity index is 2.29. The van der Waals surface area contributed by atoms with Crippen LogP contribution >= 0.6 is 23.2 Å². The van der Waals surface area contributed by atoms with Gasteiger partial charge in [-0.2, -0.15) is 4.98 Å². The quantitative estimate of drug-likeness (QED) is 0.747. The third kappa shape index (κ3) is 3.58. The summed E-state index contributed by atoms with van der Waals surface area (Å²) in [7, 11) is 0. The number of hydrogen-bond acceptors (Lipinski definition) is 3. The number of nitrogens with zero attached hydrogens (tertiary/aromatic N) is 2. The molecule has 0 fully saturated rings. The van der Waals surface area contributed by atoms with Gasteiger partial charge in [0.05, 0.1) is 0 Å². The van der Waals surface area contributed by atoms with Crippen molar-refractivity contribution in [1.29, 1.82) is 0 Å². The van der Waals surface area contributed by atoms with Gasteiger partial charge < -0.3 is 4.74 Å². The van der Waals surface area contributed by atoms with Crippen LogP contribution in [-0.4, -0.2) is 9.97 Å². The largest absolute Gasteiger partial charge is 0.439 e. The zero-order chi connectivity index (χ0) is 14.0. The van der Waals surface area contributed by atoms with E-state index >= 15 is 0 Å². The molecule has 19 heavy (non-hydrogen) atoms. The molecule has 0 unspecified atom stereocenters. The number of halogens is 2. The highest BCUT2D eigenvalue weighted by atomic mass is 35.5. The molecule has 0 N–H and O–H groups in total. The van der Waals surface area contributed by atoms with Crippen molar-refractivity contribution < 1.29 is 4.74 Å². The minimum atomic E-state index is 0.188. The van der Waals surface area contributed by atoms with Crippen LogP contribution in [0.4, 0.5) is 0 Å². The molecule has 1 aromatic carbocycles. The fourth-order valence-electron chi connectivity index (χ4n) is 1.53. The van der Waals surface area contributed by atoms with Crippen LogP contribution < -0.4 is 4.74 Å². The summed E-state index contributed by atoms with van der Waals surface area (Å²) in [4.78, 5) is 8.49. The van der Waals surface area contributed by atoms with Crippen molar-refractivity contribution in [2.45, 2.75) is 26.7 Å². The molecule has 1 heterocycles. The maximum Gasteiger partial charge on any atom is 0.224 e. The predicted molar refractivity (Wildman–Crippen MR) is 77.4 cm³/mol. The van der Waals surface area contributed by atoms with E-state index < -0.39 is 0 Å². The van der Waals surface area contributed by atoms with Crippen molar-refractivity contribution in [2.24, 2.45) is 0 Å². The van der Waals surface area contributed by atoms with Crippen molar-refractivity contribution >= 4 is 23.2 Å². The summed E-state index contributed by atoms with van der Waals surface area (Å²) in [6.07, 6.45) is 0. The van der Waals surface area contributed by atoms with E-state index in [2.05, 4.69) is 9.97 Å². The van der Waals surface area contributed by atoms with Crippen LogP contribution in [0.15, 0.2) is 24.3 Å². The number of benzene rings is 1. The third-order valence-corrected chi connectivity index (χ3v) is 3.17. The molecule has 3 nitrogen and oxygen atoms in total. The maximum absolute atomic E-state index is 5.97. The molecule has 0 atom stereocenters. The standard InChI is InChI=1S/C14H14Cl2N2O/c1-8(2)14-17-12(16)7-13(18-14)19-10-4-5-11(15)9(3)6-10/h4-8H,1-3H3. The molecule has 0 saturated heterocycles. The van der Waals surface area contributed by atoms with Crippen LogP contribution in [-0.2, 0) is 0 Å². The molecule has 0 aliphatic heterocycles. The lowest BCUT2D eigenvalue weighted by Crippen LogP contribution is -1.99. The Bertz CT molecular complexity index is 600. The van der Waals surface area contributed by atoms with Crippen molar-refractivity contribution in [3.63, 3.8) is 0 Å². The molecule has 0 radical (unpaired) electrons. The van der Waals surface area contributed by atoms with E-state index in [1.807, 2.05) is 26.8 Å². The Hall–Kier alpha value is -1.32. The van der Waals surface area contributed by atoms with Gasteiger partial charge >= 0.3 is 0 Å². The first kappa shape index (κ1) is 14.1. The van der Waals surface area contributed by atoms with Crippen molar-refractivity contribution in [1.82, 2.24) is 9.97 Å². The van der Waals surface area contributed by atoms with E-state index in [1.165, 1.54) is 0 Å². The number of ether oxygens (including phenoxy) is 1. The SMILES string of the molecule is Cc1cc(Oc2cc(Cl)nc(C(C)C)n2)ccc1Cl. The summed E-state index contributed by atoms with van der Waals surface area (Å²) in [6, 6.07) is 7.03. The van der Waals surface area contributed by atoms with Gasteiger partial charge in [-0.15, -0.1) is 0 Å². The summed E-state index contributed by atoms with van der Waals surface area (Å²) in [5, 5.41) is 1.08. The van der Waals surface area contributed by atoms with E-state index in [0.29, 0.717) is 27.6 Å². The zero-order valence-corrected chi connectivity index (χ0v) is 12.5. The van der Waals surface area contributed by atoms with Gasteiger partial charge in [0.25, 0.3) is 0 Å². The lowest BCUT2D eigenvalue weighted by atomic mass is 10.2. The number of aromatic nitrogens is 2. The van der Waals surface area contributed by atoms with Crippen LogP contribution in [0.1, 0.15) is 31.2 Å². The van der Waals surface area contributed by atoms with Gasteiger partial charge in [0.2, 0.25) is 5.88 Å². The van der Waals surface area contributed by atoms with Crippen molar-refractivity contribution in [3.05, 3.63) is 45.8 Å². The third-order valence-electron chi connectivity index (χ3n) is 2.56. The van der Waals surface area contributed by atoms with Crippen molar-refractivity contribution in [2.75, 3.05) is 0 Å². The van der Waals surface area contributed by atoms with E-state index in [0.717, 1.165) is 5.56 Å². The average Bonchev–Trinajstić information content (AvgIpc) is 2.33. The molecule has 2 aromatic rings. The number of aryl methyl sites for hydroxylation is 1. The topological polar surface area (TPSA) is 35.0 Å². The molecule has 0 bridgehead atoms. The molecule has 0 spiro atoms. The van der Waals surface area contributed by atoms with E-state index in [4.69, 9.17) is 27.9 Å². The molecule has 0 aliphatic rings. The van der Waals surface area contributed by atoms with Gasteiger partial charge in [-0.1, -0.05) is 37.0 Å². The molecule has 5 heteroatoms. The second kappa shape index (κ2) is 5.76. The second-order valence-electron chi connectivity index (χ2n) is 4.55. The van der Waals surface area contributed by atoms with Gasteiger partial charge in [0.15, 0.2) is 0 Å². The Morgan fingerprint density at radius 2 is 1.84 bits per heavy atom. The highest BCUT2D eigenvalue weighted by Gasteiger charge is 2.09. The normalized spacial score (nSPS) is 10.8. The minimum absolute atomic E-state index is 0.188. The van der Waals surface area contributed by atoms with Gasteiger partial charge in [0.1, 0.15) is 16.7 Å². The van der Waals surface area contributed by atoms with Crippen LogP contribution in [0.3, 0.4) is 0 Å². The first-order chi connectivity index (χ1) is 8.95. The summed E-state index contributed by atoms with van der Waals surface area (Å²) in [5.74, 6) is 1.96. The van der Waals surface area contributed by atoms with E-state index in [1.54, 1.807) is 18.2 Å². The molecule has 0 saturated carbocycles. The minimum Gasteiger partial charge on any atom is -0.439 e. The average molecular weight is 297 g/mol. The van der Waals surface area contributed by atoms with E-state index in [9.17, 15) is 0 Å². The Kier molecular flexibility index (Phi) is 4.27.